The Morgan fingerprint density at radius 2 is 2.17 bits per heavy atom. The molecule has 12 heavy (non-hydrogen) atoms. The van der Waals surface area contributed by atoms with Gasteiger partial charge in [-0.2, -0.15) is 0 Å². The smallest absolute Gasteiger partial charge is 0.166 e. The molecule has 0 saturated heterocycles. The van der Waals surface area contributed by atoms with Crippen LogP contribution in [0.2, 0.25) is 0 Å². The van der Waals surface area contributed by atoms with Gasteiger partial charge in [-0.25, -0.2) is 0 Å². The number of benzene rings is 1. The van der Waals surface area contributed by atoms with Crippen molar-refractivity contribution in [1.29, 1.82) is 0 Å². The number of hydrogen-bond donors (Lipinski definition) is 0. The van der Waals surface area contributed by atoms with Gasteiger partial charge in [0.15, 0.2) is 5.78 Å². The van der Waals surface area contributed by atoms with E-state index in [0.29, 0.717) is 6.42 Å². The second-order valence-electron chi connectivity index (χ2n) is 2.65. The van der Waals surface area contributed by atoms with E-state index in [1.54, 1.807) is 11.8 Å². The van der Waals surface area contributed by atoms with E-state index in [-0.39, 0.29) is 10.5 Å². The molecule has 1 aromatic rings. The summed E-state index contributed by atoms with van der Waals surface area (Å²) in [7, 11) is 0. The molecular weight excluding hydrogens is 192 g/mol. The normalized spacial score (nSPS) is 22.1. The molecule has 1 nitrogen and oxygen atoms in total. The Labute approximate surface area is 80.1 Å². The van der Waals surface area contributed by atoms with Gasteiger partial charge in [0.2, 0.25) is 0 Å². The monoisotopic (exact) mass is 198 g/mol. The van der Waals surface area contributed by atoms with Gasteiger partial charge >= 0.3 is 0 Å². The minimum Gasteiger partial charge on any atom is -0.294 e. The van der Waals surface area contributed by atoms with Crippen LogP contribution in [0, 0.1) is 0 Å². The Bertz CT molecular complexity index is 324. The van der Waals surface area contributed by atoms with Gasteiger partial charge in [0.25, 0.3) is 0 Å². The lowest BCUT2D eigenvalue weighted by molar-refractivity contribution is 0.0982. The molecule has 1 aromatic carbocycles. The van der Waals surface area contributed by atoms with E-state index in [1.807, 2.05) is 24.3 Å². The summed E-state index contributed by atoms with van der Waals surface area (Å²) >= 11 is 7.44. The maximum Gasteiger partial charge on any atom is 0.166 e. The van der Waals surface area contributed by atoms with Gasteiger partial charge in [-0.1, -0.05) is 18.2 Å². The predicted octanol–water partition coefficient (Wildman–Crippen LogP) is 2.93. The third-order valence-corrected chi connectivity index (χ3v) is 3.24. The Morgan fingerprint density at radius 1 is 1.42 bits per heavy atom. The SMILES string of the molecule is O=C1CC(Cl)Sc2ccccc21. The van der Waals surface area contributed by atoms with E-state index in [4.69, 9.17) is 11.6 Å². The van der Waals surface area contributed by atoms with Crippen molar-refractivity contribution in [2.24, 2.45) is 0 Å². The highest BCUT2D eigenvalue weighted by atomic mass is 35.5. The summed E-state index contributed by atoms with van der Waals surface area (Å²) in [5.41, 5.74) is 0.819. The molecule has 62 valence electrons. The summed E-state index contributed by atoms with van der Waals surface area (Å²) in [4.78, 5) is 12.4. The molecule has 0 fully saturated rings. The van der Waals surface area contributed by atoms with Gasteiger partial charge in [0.05, 0.1) is 4.71 Å². The molecule has 0 N–H and O–H groups in total. The first-order valence-corrected chi connectivity index (χ1v) is 5.02. The van der Waals surface area contributed by atoms with Crippen LogP contribution in [0.1, 0.15) is 16.8 Å². The highest BCUT2D eigenvalue weighted by molar-refractivity contribution is 8.01. The summed E-state index contributed by atoms with van der Waals surface area (Å²) in [6.07, 6.45) is 0.448. The van der Waals surface area contributed by atoms with Crippen molar-refractivity contribution in [3.05, 3.63) is 29.8 Å². The Balaban J connectivity index is 2.47. The van der Waals surface area contributed by atoms with E-state index >= 15 is 0 Å². The number of fused-ring (bicyclic) bond motifs is 1. The van der Waals surface area contributed by atoms with Crippen molar-refractivity contribution in [2.75, 3.05) is 0 Å². The molecule has 1 unspecified atom stereocenters. The van der Waals surface area contributed by atoms with Crippen LogP contribution in [0.25, 0.3) is 0 Å². The number of rotatable bonds is 0. The topological polar surface area (TPSA) is 17.1 Å². The van der Waals surface area contributed by atoms with Crippen molar-refractivity contribution >= 4 is 29.1 Å². The van der Waals surface area contributed by atoms with E-state index in [9.17, 15) is 4.79 Å². The summed E-state index contributed by atoms with van der Waals surface area (Å²) in [5.74, 6) is 0.157. The van der Waals surface area contributed by atoms with Gasteiger partial charge in [-0.05, 0) is 6.07 Å². The first-order chi connectivity index (χ1) is 5.77. The predicted molar refractivity (Wildman–Crippen MR) is 50.9 cm³/mol. The summed E-state index contributed by atoms with van der Waals surface area (Å²) in [6.45, 7) is 0. The first kappa shape index (κ1) is 8.14. The summed E-state index contributed by atoms with van der Waals surface area (Å²) in [6, 6.07) is 7.60. The lowest BCUT2D eigenvalue weighted by Crippen LogP contribution is -2.12. The number of carbonyl (C=O) groups is 1. The van der Waals surface area contributed by atoms with Gasteiger partial charge in [0, 0.05) is 16.9 Å². The number of thioether (sulfide) groups is 1. The van der Waals surface area contributed by atoms with Crippen LogP contribution in [0.3, 0.4) is 0 Å². The van der Waals surface area contributed by atoms with Gasteiger partial charge < -0.3 is 0 Å². The molecule has 0 bridgehead atoms. The van der Waals surface area contributed by atoms with E-state index in [1.165, 1.54) is 0 Å². The first-order valence-electron chi connectivity index (χ1n) is 3.70. The maximum atomic E-state index is 11.4. The molecule has 1 heterocycles. The van der Waals surface area contributed by atoms with Crippen LogP contribution in [-0.4, -0.2) is 10.5 Å². The van der Waals surface area contributed by atoms with Crippen LogP contribution < -0.4 is 0 Å². The van der Waals surface area contributed by atoms with Gasteiger partial charge in [-0.15, -0.1) is 23.4 Å². The van der Waals surface area contributed by atoms with Crippen LogP contribution >= 0.6 is 23.4 Å². The molecule has 0 saturated carbocycles. The van der Waals surface area contributed by atoms with Crippen LogP contribution in [0.15, 0.2) is 29.2 Å². The zero-order valence-corrected chi connectivity index (χ0v) is 7.86. The Morgan fingerprint density at radius 3 is 3.00 bits per heavy atom. The zero-order chi connectivity index (χ0) is 8.55. The third kappa shape index (κ3) is 1.37. The van der Waals surface area contributed by atoms with Crippen molar-refractivity contribution in [2.45, 2.75) is 16.0 Å². The molecule has 2 rings (SSSR count). The molecule has 3 heteroatoms. The zero-order valence-electron chi connectivity index (χ0n) is 6.29. The molecule has 1 aliphatic heterocycles. The lowest BCUT2D eigenvalue weighted by Gasteiger charge is -2.17. The van der Waals surface area contributed by atoms with E-state index in [0.717, 1.165) is 10.5 Å². The van der Waals surface area contributed by atoms with Crippen LogP contribution in [0.5, 0.6) is 0 Å². The van der Waals surface area contributed by atoms with Gasteiger partial charge in [0.1, 0.15) is 0 Å². The highest BCUT2D eigenvalue weighted by Gasteiger charge is 2.23. The number of hydrogen-bond acceptors (Lipinski definition) is 2. The third-order valence-electron chi connectivity index (χ3n) is 1.79. The second kappa shape index (κ2) is 3.11. The fraction of sp³-hybridized carbons (Fsp3) is 0.222. The number of halogens is 1. The number of Topliss-reactive ketones (excluding diaryl/α,β-unsaturated/α-hetero) is 1. The minimum absolute atomic E-state index is 0.0904. The van der Waals surface area contributed by atoms with Crippen molar-refractivity contribution in [1.82, 2.24) is 0 Å². The van der Waals surface area contributed by atoms with E-state index in [2.05, 4.69) is 0 Å². The molecule has 1 aliphatic rings. The quantitative estimate of drug-likeness (QED) is 0.597. The average molecular weight is 199 g/mol. The van der Waals surface area contributed by atoms with Crippen molar-refractivity contribution < 1.29 is 4.79 Å². The summed E-state index contributed by atoms with van der Waals surface area (Å²) in [5, 5.41) is 0. The van der Waals surface area contributed by atoms with E-state index < -0.39 is 0 Å². The molecule has 1 atom stereocenters. The standard InChI is InChI=1S/C9H7ClOS/c10-9-5-7(11)6-3-1-2-4-8(6)12-9/h1-4,9H,5H2. The van der Waals surface area contributed by atoms with Crippen molar-refractivity contribution in [3.8, 4) is 0 Å². The van der Waals surface area contributed by atoms with Crippen molar-refractivity contribution in [3.63, 3.8) is 0 Å². The molecule has 0 aliphatic carbocycles. The largest absolute Gasteiger partial charge is 0.294 e. The molecular formula is C9H7ClOS. The number of alkyl halides is 1. The Kier molecular flexibility index (Phi) is 2.11. The summed E-state index contributed by atoms with van der Waals surface area (Å²) < 4.78 is -0.0904. The highest BCUT2D eigenvalue weighted by Crippen LogP contribution is 2.36. The van der Waals surface area contributed by atoms with Gasteiger partial charge in [-0.3, -0.25) is 4.79 Å². The molecule has 0 spiro atoms. The molecule has 0 aromatic heterocycles. The lowest BCUT2D eigenvalue weighted by atomic mass is 10.1. The number of ketones is 1. The Hall–Kier alpha value is -0.470. The minimum atomic E-state index is -0.0904. The fourth-order valence-electron chi connectivity index (χ4n) is 1.23. The van der Waals surface area contributed by atoms with Crippen LogP contribution in [0.4, 0.5) is 0 Å². The maximum absolute atomic E-state index is 11.4. The number of carbonyl (C=O) groups excluding carboxylic acids is 1. The molecule has 0 radical (unpaired) electrons. The van der Waals surface area contributed by atoms with Crippen LogP contribution in [-0.2, 0) is 0 Å². The fourth-order valence-corrected chi connectivity index (χ4v) is 2.64. The average Bonchev–Trinajstić information content (AvgIpc) is 2.04. The molecule has 0 amide bonds. The second-order valence-corrected chi connectivity index (χ2v) is 4.68.